The number of hydrogen-bond donors (Lipinski definition) is 1. The second-order valence-electron chi connectivity index (χ2n) is 4.14. The summed E-state index contributed by atoms with van der Waals surface area (Å²) in [7, 11) is 1.62. The lowest BCUT2D eigenvalue weighted by Crippen LogP contribution is -2.31. The van der Waals surface area contributed by atoms with Gasteiger partial charge in [0.2, 0.25) is 0 Å². The van der Waals surface area contributed by atoms with Gasteiger partial charge in [-0.15, -0.1) is 0 Å². The Hall–Kier alpha value is -1.88. The first-order chi connectivity index (χ1) is 8.11. The maximum Gasteiger partial charge on any atom is 0.327 e. The minimum absolute atomic E-state index is 0.157. The summed E-state index contributed by atoms with van der Waals surface area (Å²) in [6.45, 7) is 0.931. The van der Waals surface area contributed by atoms with Gasteiger partial charge in [-0.3, -0.25) is 9.69 Å². The van der Waals surface area contributed by atoms with E-state index >= 15 is 0 Å². The van der Waals surface area contributed by atoms with Crippen molar-refractivity contribution in [3.63, 3.8) is 0 Å². The number of likely N-dealkylation sites (N-methyl/N-ethyl adjacent to an activating group) is 1. The van der Waals surface area contributed by atoms with Crippen molar-refractivity contribution >= 4 is 11.9 Å². The highest BCUT2D eigenvalue weighted by Crippen LogP contribution is 2.14. The molecule has 2 rings (SSSR count). The average molecular weight is 233 g/mol. The fraction of sp³-hybridized carbons (Fsp3) is 0.333. The normalized spacial score (nSPS) is 15.9. The summed E-state index contributed by atoms with van der Waals surface area (Å²) in [6.07, 6.45) is 0. The molecule has 2 N–H and O–H groups in total. The first-order valence-corrected chi connectivity index (χ1v) is 5.45. The maximum atomic E-state index is 11.7. The van der Waals surface area contributed by atoms with Gasteiger partial charge in [0.1, 0.15) is 6.54 Å². The molecule has 1 heterocycles. The van der Waals surface area contributed by atoms with Gasteiger partial charge in [-0.1, -0.05) is 24.3 Å². The average Bonchev–Trinajstić information content (AvgIpc) is 2.56. The smallest absolute Gasteiger partial charge is 0.326 e. The van der Waals surface area contributed by atoms with E-state index in [1.165, 1.54) is 9.80 Å². The number of rotatable bonds is 3. The van der Waals surface area contributed by atoms with Crippen LogP contribution in [-0.2, 0) is 17.9 Å². The van der Waals surface area contributed by atoms with Gasteiger partial charge in [0.15, 0.2) is 0 Å². The fourth-order valence-corrected chi connectivity index (χ4v) is 1.86. The predicted octanol–water partition coefficient (Wildman–Crippen LogP) is 0.539. The molecule has 0 atom stereocenters. The quantitative estimate of drug-likeness (QED) is 0.775. The van der Waals surface area contributed by atoms with E-state index in [-0.39, 0.29) is 18.5 Å². The Morgan fingerprint density at radius 2 is 2.00 bits per heavy atom. The molecule has 3 amide bonds. The van der Waals surface area contributed by atoms with Crippen molar-refractivity contribution in [3.8, 4) is 0 Å². The maximum absolute atomic E-state index is 11.7. The number of hydrogen-bond acceptors (Lipinski definition) is 3. The SMILES string of the molecule is CN1CC(=O)N(Cc2cccc(CN)c2)C1=O. The molecule has 5 heteroatoms. The van der Waals surface area contributed by atoms with Gasteiger partial charge in [0, 0.05) is 13.6 Å². The van der Waals surface area contributed by atoms with Crippen molar-refractivity contribution in [2.45, 2.75) is 13.1 Å². The Labute approximate surface area is 99.8 Å². The van der Waals surface area contributed by atoms with Gasteiger partial charge in [-0.05, 0) is 11.1 Å². The summed E-state index contributed by atoms with van der Waals surface area (Å²) >= 11 is 0. The number of benzene rings is 1. The lowest BCUT2D eigenvalue weighted by Gasteiger charge is -2.14. The van der Waals surface area contributed by atoms with Crippen LogP contribution in [0.15, 0.2) is 24.3 Å². The molecule has 1 saturated heterocycles. The molecule has 1 aromatic carbocycles. The Kier molecular flexibility index (Phi) is 3.10. The van der Waals surface area contributed by atoms with E-state index in [1.54, 1.807) is 7.05 Å². The lowest BCUT2D eigenvalue weighted by molar-refractivity contribution is -0.125. The van der Waals surface area contributed by atoms with Crippen LogP contribution >= 0.6 is 0 Å². The van der Waals surface area contributed by atoms with E-state index in [0.29, 0.717) is 13.1 Å². The van der Waals surface area contributed by atoms with Crippen molar-refractivity contribution < 1.29 is 9.59 Å². The summed E-state index contributed by atoms with van der Waals surface area (Å²) in [5, 5.41) is 0. The summed E-state index contributed by atoms with van der Waals surface area (Å²) < 4.78 is 0. The third-order valence-corrected chi connectivity index (χ3v) is 2.80. The van der Waals surface area contributed by atoms with Crippen molar-refractivity contribution in [3.05, 3.63) is 35.4 Å². The molecule has 0 aliphatic carbocycles. The standard InChI is InChI=1S/C12H15N3O2/c1-14-8-11(16)15(12(14)17)7-10-4-2-3-9(5-10)6-13/h2-5H,6-8,13H2,1H3. The second-order valence-corrected chi connectivity index (χ2v) is 4.14. The molecular weight excluding hydrogens is 218 g/mol. The van der Waals surface area contributed by atoms with Crippen LogP contribution < -0.4 is 5.73 Å². The summed E-state index contributed by atoms with van der Waals surface area (Å²) in [5.74, 6) is -0.157. The van der Waals surface area contributed by atoms with Crippen molar-refractivity contribution in [1.29, 1.82) is 0 Å². The topological polar surface area (TPSA) is 66.6 Å². The monoisotopic (exact) mass is 233 g/mol. The van der Waals surface area contributed by atoms with Crippen molar-refractivity contribution in [1.82, 2.24) is 9.80 Å². The zero-order valence-electron chi connectivity index (χ0n) is 9.72. The van der Waals surface area contributed by atoms with Crippen LogP contribution in [0.25, 0.3) is 0 Å². The van der Waals surface area contributed by atoms with Crippen LogP contribution in [0.4, 0.5) is 4.79 Å². The third kappa shape index (κ3) is 2.29. The van der Waals surface area contributed by atoms with Gasteiger partial charge in [0.25, 0.3) is 5.91 Å². The van der Waals surface area contributed by atoms with Crippen molar-refractivity contribution in [2.75, 3.05) is 13.6 Å². The van der Waals surface area contributed by atoms with E-state index in [2.05, 4.69) is 0 Å². The van der Waals surface area contributed by atoms with E-state index in [4.69, 9.17) is 5.73 Å². The number of urea groups is 1. The molecule has 1 fully saturated rings. The Balaban J connectivity index is 2.15. The molecule has 0 radical (unpaired) electrons. The van der Waals surface area contributed by atoms with Gasteiger partial charge in [-0.2, -0.15) is 0 Å². The Morgan fingerprint density at radius 3 is 2.59 bits per heavy atom. The number of carbonyl (C=O) groups excluding carboxylic acids is 2. The highest BCUT2D eigenvalue weighted by molar-refractivity contribution is 6.01. The van der Waals surface area contributed by atoms with Gasteiger partial charge in [-0.25, -0.2) is 4.79 Å². The fourth-order valence-electron chi connectivity index (χ4n) is 1.86. The molecule has 1 aliphatic heterocycles. The first-order valence-electron chi connectivity index (χ1n) is 5.45. The van der Waals surface area contributed by atoms with E-state index in [1.807, 2.05) is 24.3 Å². The molecular formula is C12H15N3O2. The molecule has 0 saturated carbocycles. The Bertz CT molecular complexity index is 459. The third-order valence-electron chi connectivity index (χ3n) is 2.80. The van der Waals surface area contributed by atoms with E-state index in [9.17, 15) is 9.59 Å². The molecule has 1 aliphatic rings. The van der Waals surface area contributed by atoms with Crippen LogP contribution in [0, 0.1) is 0 Å². The van der Waals surface area contributed by atoms with Crippen LogP contribution in [0.5, 0.6) is 0 Å². The molecule has 5 nitrogen and oxygen atoms in total. The minimum atomic E-state index is -0.242. The number of nitrogens with two attached hydrogens (primary N) is 1. The number of carbonyl (C=O) groups is 2. The molecule has 17 heavy (non-hydrogen) atoms. The largest absolute Gasteiger partial charge is 0.327 e. The van der Waals surface area contributed by atoms with Crippen LogP contribution in [0.2, 0.25) is 0 Å². The highest BCUT2D eigenvalue weighted by Gasteiger charge is 2.33. The zero-order chi connectivity index (χ0) is 12.4. The summed E-state index contributed by atoms with van der Waals surface area (Å²) in [4.78, 5) is 25.9. The molecule has 0 unspecified atom stereocenters. The van der Waals surface area contributed by atoms with Gasteiger partial charge < -0.3 is 10.6 Å². The molecule has 1 aromatic rings. The molecule has 0 spiro atoms. The molecule has 0 bridgehead atoms. The molecule has 90 valence electrons. The van der Waals surface area contributed by atoms with Crippen LogP contribution in [0.3, 0.4) is 0 Å². The van der Waals surface area contributed by atoms with E-state index < -0.39 is 0 Å². The number of nitrogens with zero attached hydrogens (tertiary/aromatic N) is 2. The van der Waals surface area contributed by atoms with Gasteiger partial charge in [0.05, 0.1) is 6.54 Å². The number of imide groups is 1. The summed E-state index contributed by atoms with van der Waals surface area (Å²) in [6, 6.07) is 7.36. The van der Waals surface area contributed by atoms with Crippen molar-refractivity contribution in [2.24, 2.45) is 5.73 Å². The van der Waals surface area contributed by atoms with Crippen LogP contribution in [0.1, 0.15) is 11.1 Å². The highest BCUT2D eigenvalue weighted by atomic mass is 16.2. The Morgan fingerprint density at radius 1 is 1.29 bits per heavy atom. The van der Waals surface area contributed by atoms with Gasteiger partial charge >= 0.3 is 6.03 Å². The first kappa shape index (κ1) is 11.6. The predicted molar refractivity (Wildman–Crippen MR) is 62.9 cm³/mol. The minimum Gasteiger partial charge on any atom is -0.326 e. The van der Waals surface area contributed by atoms with Crippen LogP contribution in [-0.4, -0.2) is 35.3 Å². The van der Waals surface area contributed by atoms with E-state index in [0.717, 1.165) is 11.1 Å². The lowest BCUT2D eigenvalue weighted by atomic mass is 10.1. The number of amides is 3. The molecule has 0 aromatic heterocycles. The zero-order valence-corrected chi connectivity index (χ0v) is 9.72. The summed E-state index contributed by atoms with van der Waals surface area (Å²) in [5.41, 5.74) is 7.46. The second kappa shape index (κ2) is 4.55.